The quantitative estimate of drug-likeness (QED) is 0.580. The molecule has 2 rings (SSSR count). The first-order chi connectivity index (χ1) is 6.36. The van der Waals surface area contributed by atoms with E-state index in [1.54, 1.807) is 0 Å². The van der Waals surface area contributed by atoms with E-state index in [9.17, 15) is 5.11 Å². The molecule has 13 heavy (non-hydrogen) atoms. The summed E-state index contributed by atoms with van der Waals surface area (Å²) in [6.45, 7) is 3.01. The van der Waals surface area contributed by atoms with Crippen molar-refractivity contribution in [3.05, 3.63) is 0 Å². The Kier molecular flexibility index (Phi) is 3.19. The summed E-state index contributed by atoms with van der Waals surface area (Å²) in [5.74, 6) is 0.601. The fourth-order valence-electron chi connectivity index (χ4n) is 1.96. The minimum Gasteiger partial charge on any atom is -0.392 e. The number of piperidine rings is 1. The number of aliphatic hydroxyl groups excluding tert-OH is 1. The molecule has 0 bridgehead atoms. The Labute approximate surface area is 79.9 Å². The standard InChI is InChI=1S/C10H20N2O/c13-10(8-3-4-8)7-12-9-2-1-5-11-6-9/h8-13H,1-7H2. The molecule has 0 aromatic heterocycles. The largest absolute Gasteiger partial charge is 0.392 e. The summed E-state index contributed by atoms with van der Waals surface area (Å²) < 4.78 is 0. The van der Waals surface area contributed by atoms with Gasteiger partial charge in [0.1, 0.15) is 0 Å². The molecule has 76 valence electrons. The van der Waals surface area contributed by atoms with Gasteiger partial charge in [0.05, 0.1) is 6.10 Å². The molecule has 1 saturated carbocycles. The van der Waals surface area contributed by atoms with Crippen molar-refractivity contribution in [3.8, 4) is 0 Å². The molecule has 3 heteroatoms. The third-order valence-electron chi connectivity index (χ3n) is 3.08. The maximum Gasteiger partial charge on any atom is 0.0692 e. The van der Waals surface area contributed by atoms with Gasteiger partial charge in [0.25, 0.3) is 0 Å². The fraction of sp³-hybridized carbons (Fsp3) is 1.00. The summed E-state index contributed by atoms with van der Waals surface area (Å²) in [6.07, 6.45) is 4.88. The van der Waals surface area contributed by atoms with Gasteiger partial charge in [0, 0.05) is 19.1 Å². The van der Waals surface area contributed by atoms with Gasteiger partial charge in [0.15, 0.2) is 0 Å². The van der Waals surface area contributed by atoms with Gasteiger partial charge in [-0.2, -0.15) is 0 Å². The Morgan fingerprint density at radius 3 is 2.85 bits per heavy atom. The summed E-state index contributed by atoms with van der Waals surface area (Å²) in [5, 5.41) is 16.4. The van der Waals surface area contributed by atoms with Crippen molar-refractivity contribution in [2.24, 2.45) is 5.92 Å². The second-order valence-corrected chi connectivity index (χ2v) is 4.36. The molecule has 2 unspecified atom stereocenters. The maximum atomic E-state index is 9.64. The lowest BCUT2D eigenvalue weighted by Crippen LogP contribution is -2.45. The highest BCUT2D eigenvalue weighted by molar-refractivity contribution is 4.84. The fourth-order valence-corrected chi connectivity index (χ4v) is 1.96. The van der Waals surface area contributed by atoms with Gasteiger partial charge in [-0.05, 0) is 38.1 Å². The molecule has 0 aromatic rings. The molecule has 0 amide bonds. The molecular weight excluding hydrogens is 164 g/mol. The number of aliphatic hydroxyl groups is 1. The van der Waals surface area contributed by atoms with Gasteiger partial charge >= 0.3 is 0 Å². The Balaban J connectivity index is 1.60. The van der Waals surface area contributed by atoms with E-state index < -0.39 is 0 Å². The second kappa shape index (κ2) is 4.40. The molecule has 1 aliphatic heterocycles. The van der Waals surface area contributed by atoms with E-state index in [-0.39, 0.29) is 6.10 Å². The molecule has 0 spiro atoms. The van der Waals surface area contributed by atoms with Crippen LogP contribution >= 0.6 is 0 Å². The van der Waals surface area contributed by atoms with Crippen LogP contribution in [0, 0.1) is 5.92 Å². The smallest absolute Gasteiger partial charge is 0.0692 e. The minimum atomic E-state index is -0.0954. The zero-order chi connectivity index (χ0) is 9.10. The third kappa shape index (κ3) is 2.93. The molecule has 1 saturated heterocycles. The van der Waals surface area contributed by atoms with Gasteiger partial charge in [-0.3, -0.25) is 0 Å². The number of rotatable bonds is 4. The van der Waals surface area contributed by atoms with Crippen molar-refractivity contribution in [3.63, 3.8) is 0 Å². The number of nitrogens with one attached hydrogen (secondary N) is 2. The van der Waals surface area contributed by atoms with Crippen LogP contribution in [0.3, 0.4) is 0 Å². The average Bonchev–Trinajstić information content (AvgIpc) is 2.99. The van der Waals surface area contributed by atoms with Crippen LogP contribution in [0.15, 0.2) is 0 Å². The first kappa shape index (κ1) is 9.44. The molecule has 1 heterocycles. The third-order valence-corrected chi connectivity index (χ3v) is 3.08. The molecule has 2 aliphatic rings. The van der Waals surface area contributed by atoms with Crippen LogP contribution in [-0.4, -0.2) is 36.9 Å². The molecule has 3 N–H and O–H groups in total. The van der Waals surface area contributed by atoms with Crippen molar-refractivity contribution in [2.75, 3.05) is 19.6 Å². The van der Waals surface area contributed by atoms with E-state index in [2.05, 4.69) is 10.6 Å². The van der Waals surface area contributed by atoms with E-state index in [4.69, 9.17) is 0 Å². The summed E-state index contributed by atoms with van der Waals surface area (Å²) in [4.78, 5) is 0. The van der Waals surface area contributed by atoms with E-state index in [0.29, 0.717) is 12.0 Å². The lowest BCUT2D eigenvalue weighted by atomic mass is 10.1. The van der Waals surface area contributed by atoms with Crippen molar-refractivity contribution >= 4 is 0 Å². The predicted molar refractivity (Wildman–Crippen MR) is 52.6 cm³/mol. The molecule has 2 fully saturated rings. The van der Waals surface area contributed by atoms with Crippen LogP contribution in [0.4, 0.5) is 0 Å². The highest BCUT2D eigenvalue weighted by atomic mass is 16.3. The topological polar surface area (TPSA) is 44.3 Å². The van der Waals surface area contributed by atoms with Crippen molar-refractivity contribution in [1.29, 1.82) is 0 Å². The van der Waals surface area contributed by atoms with Gasteiger partial charge in [-0.15, -0.1) is 0 Å². The molecule has 3 nitrogen and oxygen atoms in total. The van der Waals surface area contributed by atoms with Crippen molar-refractivity contribution < 1.29 is 5.11 Å². The summed E-state index contributed by atoms with van der Waals surface area (Å²) >= 11 is 0. The van der Waals surface area contributed by atoms with Gasteiger partial charge < -0.3 is 15.7 Å². The van der Waals surface area contributed by atoms with Crippen LogP contribution < -0.4 is 10.6 Å². The molecule has 1 aliphatic carbocycles. The van der Waals surface area contributed by atoms with Gasteiger partial charge in [-0.1, -0.05) is 0 Å². The van der Waals surface area contributed by atoms with Crippen LogP contribution in [0.1, 0.15) is 25.7 Å². The Morgan fingerprint density at radius 2 is 2.23 bits per heavy atom. The zero-order valence-corrected chi connectivity index (χ0v) is 8.13. The van der Waals surface area contributed by atoms with E-state index in [1.807, 2.05) is 0 Å². The lowest BCUT2D eigenvalue weighted by Gasteiger charge is -2.25. The zero-order valence-electron chi connectivity index (χ0n) is 8.13. The second-order valence-electron chi connectivity index (χ2n) is 4.36. The molecule has 2 atom stereocenters. The highest BCUT2D eigenvalue weighted by Crippen LogP contribution is 2.32. The molecular formula is C10H20N2O. The van der Waals surface area contributed by atoms with Crippen LogP contribution in [0.2, 0.25) is 0 Å². The van der Waals surface area contributed by atoms with E-state index in [0.717, 1.165) is 19.6 Å². The SMILES string of the molecule is OC(CNC1CCCNC1)C1CC1. The number of hydrogen-bond acceptors (Lipinski definition) is 3. The van der Waals surface area contributed by atoms with Gasteiger partial charge in [0.2, 0.25) is 0 Å². The lowest BCUT2D eigenvalue weighted by molar-refractivity contribution is 0.142. The minimum absolute atomic E-state index is 0.0954. The Hall–Kier alpha value is -0.120. The molecule has 0 aromatic carbocycles. The first-order valence-corrected chi connectivity index (χ1v) is 5.48. The average molecular weight is 184 g/mol. The van der Waals surface area contributed by atoms with Crippen LogP contribution in [0.25, 0.3) is 0 Å². The highest BCUT2D eigenvalue weighted by Gasteiger charge is 2.29. The van der Waals surface area contributed by atoms with Gasteiger partial charge in [-0.25, -0.2) is 0 Å². The first-order valence-electron chi connectivity index (χ1n) is 5.48. The van der Waals surface area contributed by atoms with Crippen molar-refractivity contribution in [1.82, 2.24) is 10.6 Å². The Morgan fingerprint density at radius 1 is 1.38 bits per heavy atom. The Bertz CT molecular complexity index is 153. The monoisotopic (exact) mass is 184 g/mol. The van der Waals surface area contributed by atoms with E-state index >= 15 is 0 Å². The van der Waals surface area contributed by atoms with E-state index in [1.165, 1.54) is 25.7 Å². The normalized spacial score (nSPS) is 31.6. The maximum absolute atomic E-state index is 9.64. The summed E-state index contributed by atoms with van der Waals surface area (Å²) in [6, 6.07) is 0.585. The van der Waals surface area contributed by atoms with Crippen molar-refractivity contribution in [2.45, 2.75) is 37.8 Å². The predicted octanol–water partition coefficient (Wildman–Crippen LogP) is 0.0989. The summed E-state index contributed by atoms with van der Waals surface area (Å²) in [5.41, 5.74) is 0. The van der Waals surface area contributed by atoms with Crippen LogP contribution in [-0.2, 0) is 0 Å². The number of hydrogen-bond donors (Lipinski definition) is 3. The summed E-state index contributed by atoms with van der Waals surface area (Å²) in [7, 11) is 0. The molecule has 0 radical (unpaired) electrons. The van der Waals surface area contributed by atoms with Crippen LogP contribution in [0.5, 0.6) is 0 Å².